The average molecular weight is 280 g/mol. The molecule has 1 aliphatic rings. The number of halogens is 2. The number of hydrogen-bond acceptors (Lipinski definition) is 3. The Balaban J connectivity index is 2.15. The van der Waals surface area contributed by atoms with Crippen LogP contribution in [0.4, 0.5) is 0 Å². The Morgan fingerprint density at radius 2 is 1.78 bits per heavy atom. The van der Waals surface area contributed by atoms with Crippen molar-refractivity contribution in [3.63, 3.8) is 0 Å². The second-order valence-corrected chi connectivity index (χ2v) is 5.19. The highest BCUT2D eigenvalue weighted by Crippen LogP contribution is 2.27. The lowest BCUT2D eigenvalue weighted by Gasteiger charge is -2.07. The molecule has 1 N–H and O–H groups in total. The van der Waals surface area contributed by atoms with Crippen LogP contribution in [0.1, 0.15) is 17.0 Å². The highest BCUT2D eigenvalue weighted by atomic mass is 35.5. The molecule has 0 spiro atoms. The van der Waals surface area contributed by atoms with Crippen molar-refractivity contribution >= 4 is 23.2 Å². The van der Waals surface area contributed by atoms with Gasteiger partial charge in [-0.3, -0.25) is 0 Å². The predicted octanol–water partition coefficient (Wildman–Crippen LogP) is 3.36. The molecule has 0 amide bonds. The van der Waals surface area contributed by atoms with Crippen molar-refractivity contribution in [3.05, 3.63) is 45.2 Å². The molecule has 92 valence electrons. The smallest absolute Gasteiger partial charge is 0.159 e. The number of hydrogen-bond donors (Lipinski definition) is 1. The predicted molar refractivity (Wildman–Crippen MR) is 72.8 cm³/mol. The van der Waals surface area contributed by atoms with Gasteiger partial charge >= 0.3 is 0 Å². The van der Waals surface area contributed by atoms with Crippen LogP contribution in [0.3, 0.4) is 0 Å². The minimum absolute atomic E-state index is 0.595. The molecule has 2 aromatic rings. The van der Waals surface area contributed by atoms with E-state index in [1.165, 1.54) is 5.56 Å². The molecule has 3 nitrogen and oxygen atoms in total. The van der Waals surface area contributed by atoms with Crippen LogP contribution in [0.25, 0.3) is 11.4 Å². The number of rotatable bonds is 1. The quantitative estimate of drug-likeness (QED) is 0.870. The molecule has 0 saturated heterocycles. The Morgan fingerprint density at radius 1 is 1.06 bits per heavy atom. The molecular formula is C13H11Cl2N3. The fraction of sp³-hybridized carbons (Fsp3) is 0.231. The van der Waals surface area contributed by atoms with Crippen molar-refractivity contribution < 1.29 is 0 Å². The molecule has 0 bridgehead atoms. The van der Waals surface area contributed by atoms with Gasteiger partial charge in [0.15, 0.2) is 5.82 Å². The summed E-state index contributed by atoms with van der Waals surface area (Å²) < 4.78 is 0. The summed E-state index contributed by atoms with van der Waals surface area (Å²) in [4.78, 5) is 9.10. The fourth-order valence-electron chi connectivity index (χ4n) is 2.15. The lowest BCUT2D eigenvalue weighted by Crippen LogP contribution is -2.00. The van der Waals surface area contributed by atoms with Gasteiger partial charge in [0.2, 0.25) is 0 Å². The molecule has 18 heavy (non-hydrogen) atoms. The Labute approximate surface area is 115 Å². The molecular weight excluding hydrogens is 269 g/mol. The van der Waals surface area contributed by atoms with E-state index in [2.05, 4.69) is 15.3 Å². The van der Waals surface area contributed by atoms with Crippen molar-refractivity contribution in [2.45, 2.75) is 20.0 Å². The summed E-state index contributed by atoms with van der Waals surface area (Å²) in [7, 11) is 0. The summed E-state index contributed by atoms with van der Waals surface area (Å²) in [6, 6.07) is 5.36. The van der Waals surface area contributed by atoms with Crippen LogP contribution in [-0.2, 0) is 13.1 Å². The van der Waals surface area contributed by atoms with E-state index >= 15 is 0 Å². The number of aromatic nitrogens is 2. The van der Waals surface area contributed by atoms with Crippen molar-refractivity contribution in [3.8, 4) is 11.4 Å². The van der Waals surface area contributed by atoms with Crippen LogP contribution >= 0.6 is 23.2 Å². The zero-order valence-corrected chi connectivity index (χ0v) is 11.3. The van der Waals surface area contributed by atoms with Gasteiger partial charge in [-0.2, -0.15) is 0 Å². The second kappa shape index (κ2) is 4.50. The molecule has 1 aromatic carbocycles. The molecule has 0 saturated carbocycles. The minimum atomic E-state index is 0.595. The summed E-state index contributed by atoms with van der Waals surface area (Å²) in [6.07, 6.45) is 0. The molecule has 0 unspecified atom stereocenters. The first-order valence-corrected chi connectivity index (χ1v) is 6.42. The maximum Gasteiger partial charge on any atom is 0.159 e. The van der Waals surface area contributed by atoms with Crippen molar-refractivity contribution in [2.24, 2.45) is 0 Å². The molecule has 1 aromatic heterocycles. The lowest BCUT2D eigenvalue weighted by atomic mass is 10.1. The van der Waals surface area contributed by atoms with Gasteiger partial charge in [-0.15, -0.1) is 0 Å². The van der Waals surface area contributed by atoms with E-state index in [-0.39, 0.29) is 0 Å². The minimum Gasteiger partial charge on any atom is -0.307 e. The maximum atomic E-state index is 6.00. The van der Waals surface area contributed by atoms with Gasteiger partial charge < -0.3 is 5.32 Å². The number of benzene rings is 1. The van der Waals surface area contributed by atoms with Crippen LogP contribution in [0.5, 0.6) is 0 Å². The SMILES string of the molecule is Cc1nc(-c2cc(Cl)cc(Cl)c2)nc2c1CNC2. The van der Waals surface area contributed by atoms with Gasteiger partial charge in [-0.1, -0.05) is 23.2 Å². The Hall–Kier alpha value is -1.16. The normalized spacial score (nSPS) is 13.7. The Kier molecular flexibility index (Phi) is 2.98. The monoisotopic (exact) mass is 279 g/mol. The van der Waals surface area contributed by atoms with E-state index in [4.69, 9.17) is 23.2 Å². The molecule has 0 radical (unpaired) electrons. The van der Waals surface area contributed by atoms with E-state index in [0.29, 0.717) is 15.9 Å². The van der Waals surface area contributed by atoms with Crippen LogP contribution in [0.15, 0.2) is 18.2 Å². The highest BCUT2D eigenvalue weighted by molar-refractivity contribution is 6.35. The summed E-state index contributed by atoms with van der Waals surface area (Å²) in [5.41, 5.74) is 4.13. The standard InChI is InChI=1S/C13H11Cl2N3/c1-7-11-5-16-6-12(11)18-13(17-7)8-2-9(14)4-10(15)3-8/h2-4,16H,5-6H2,1H3. The van der Waals surface area contributed by atoms with Crippen LogP contribution in [0.2, 0.25) is 10.0 Å². The van der Waals surface area contributed by atoms with Gasteiger partial charge in [0, 0.05) is 40.0 Å². The first-order valence-electron chi connectivity index (χ1n) is 5.67. The van der Waals surface area contributed by atoms with E-state index in [0.717, 1.165) is 30.0 Å². The van der Waals surface area contributed by atoms with E-state index in [9.17, 15) is 0 Å². The van der Waals surface area contributed by atoms with Crippen LogP contribution in [0, 0.1) is 6.92 Å². The second-order valence-electron chi connectivity index (χ2n) is 4.32. The van der Waals surface area contributed by atoms with Gasteiger partial charge in [0.05, 0.1) is 5.69 Å². The third-order valence-corrected chi connectivity index (χ3v) is 3.45. The van der Waals surface area contributed by atoms with Gasteiger partial charge in [-0.05, 0) is 25.1 Å². The molecule has 5 heteroatoms. The van der Waals surface area contributed by atoms with E-state index in [1.807, 2.05) is 19.1 Å². The summed E-state index contributed by atoms with van der Waals surface area (Å²) in [5.74, 6) is 0.680. The number of fused-ring (bicyclic) bond motifs is 1. The molecule has 0 atom stereocenters. The number of aryl methyl sites for hydroxylation is 1. The summed E-state index contributed by atoms with van der Waals surface area (Å²) >= 11 is 12.0. The van der Waals surface area contributed by atoms with Gasteiger partial charge in [0.25, 0.3) is 0 Å². The lowest BCUT2D eigenvalue weighted by molar-refractivity contribution is 0.757. The zero-order chi connectivity index (χ0) is 12.7. The van der Waals surface area contributed by atoms with Crippen LogP contribution in [-0.4, -0.2) is 9.97 Å². The third kappa shape index (κ3) is 2.09. The fourth-order valence-corrected chi connectivity index (χ4v) is 2.68. The summed E-state index contributed by atoms with van der Waals surface area (Å²) in [5, 5.41) is 4.46. The third-order valence-electron chi connectivity index (χ3n) is 3.01. The molecule has 0 aliphatic carbocycles. The van der Waals surface area contributed by atoms with Crippen molar-refractivity contribution in [1.29, 1.82) is 0 Å². The van der Waals surface area contributed by atoms with Gasteiger partial charge in [-0.25, -0.2) is 9.97 Å². The molecule has 3 rings (SSSR count). The van der Waals surface area contributed by atoms with Gasteiger partial charge in [0.1, 0.15) is 0 Å². The molecule has 2 heterocycles. The van der Waals surface area contributed by atoms with Crippen molar-refractivity contribution in [2.75, 3.05) is 0 Å². The van der Waals surface area contributed by atoms with E-state index < -0.39 is 0 Å². The van der Waals surface area contributed by atoms with E-state index in [1.54, 1.807) is 6.07 Å². The first-order chi connectivity index (χ1) is 8.63. The zero-order valence-electron chi connectivity index (χ0n) is 9.80. The van der Waals surface area contributed by atoms with Crippen molar-refractivity contribution in [1.82, 2.24) is 15.3 Å². The number of nitrogens with zero attached hydrogens (tertiary/aromatic N) is 2. The van der Waals surface area contributed by atoms with Crippen LogP contribution < -0.4 is 5.32 Å². The average Bonchev–Trinajstić information content (AvgIpc) is 2.76. The first kappa shape index (κ1) is 11.9. The Bertz CT molecular complexity index is 606. The largest absolute Gasteiger partial charge is 0.307 e. The molecule has 1 aliphatic heterocycles. The maximum absolute atomic E-state index is 6.00. The summed E-state index contributed by atoms with van der Waals surface area (Å²) in [6.45, 7) is 3.64. The highest BCUT2D eigenvalue weighted by Gasteiger charge is 2.17. The Morgan fingerprint density at radius 3 is 2.50 bits per heavy atom. The number of nitrogens with one attached hydrogen (secondary N) is 1. The topological polar surface area (TPSA) is 37.8 Å². The molecule has 0 fully saturated rings.